The summed E-state index contributed by atoms with van der Waals surface area (Å²) < 4.78 is 0. The fourth-order valence-corrected chi connectivity index (χ4v) is 1.82. The van der Waals surface area contributed by atoms with Crippen molar-refractivity contribution in [3.63, 3.8) is 0 Å². The van der Waals surface area contributed by atoms with Crippen molar-refractivity contribution in [1.29, 1.82) is 0 Å². The van der Waals surface area contributed by atoms with E-state index >= 15 is 0 Å². The van der Waals surface area contributed by atoms with Crippen LogP contribution >= 0.6 is 0 Å². The largest absolute Gasteiger partial charge is 0.355 e. The Morgan fingerprint density at radius 2 is 2.50 bits per heavy atom. The van der Waals surface area contributed by atoms with Crippen LogP contribution in [0.3, 0.4) is 0 Å². The van der Waals surface area contributed by atoms with Gasteiger partial charge in [0.2, 0.25) is 5.91 Å². The van der Waals surface area contributed by atoms with Crippen molar-refractivity contribution in [2.45, 2.75) is 18.9 Å². The van der Waals surface area contributed by atoms with E-state index < -0.39 is 0 Å². The Kier molecular flexibility index (Phi) is 2.56. The Morgan fingerprint density at radius 1 is 1.64 bits per heavy atom. The molecule has 2 heterocycles. The summed E-state index contributed by atoms with van der Waals surface area (Å²) in [6.07, 6.45) is 1.55. The predicted octanol–water partition coefficient (Wildman–Crippen LogP) is -0.844. The molecule has 14 heavy (non-hydrogen) atoms. The smallest absolute Gasteiger partial charge is 0.222 e. The molecule has 2 aliphatic rings. The van der Waals surface area contributed by atoms with E-state index in [1.807, 2.05) is 7.05 Å². The third-order valence-electron chi connectivity index (χ3n) is 2.64. The zero-order chi connectivity index (χ0) is 9.97. The van der Waals surface area contributed by atoms with E-state index in [1.165, 1.54) is 0 Å². The molecule has 0 bridgehead atoms. The zero-order valence-corrected chi connectivity index (χ0v) is 8.42. The van der Waals surface area contributed by atoms with Gasteiger partial charge in [-0.3, -0.25) is 9.79 Å². The van der Waals surface area contributed by atoms with Gasteiger partial charge >= 0.3 is 0 Å². The molecule has 5 nitrogen and oxygen atoms in total. The second kappa shape index (κ2) is 3.86. The van der Waals surface area contributed by atoms with E-state index in [1.54, 1.807) is 4.90 Å². The van der Waals surface area contributed by atoms with Gasteiger partial charge < -0.3 is 15.5 Å². The highest BCUT2D eigenvalue weighted by Gasteiger charge is 2.23. The number of nitrogens with zero attached hydrogens (tertiary/aromatic N) is 2. The van der Waals surface area contributed by atoms with Gasteiger partial charge in [-0.05, 0) is 6.42 Å². The van der Waals surface area contributed by atoms with E-state index in [4.69, 9.17) is 0 Å². The number of guanidine groups is 1. The van der Waals surface area contributed by atoms with Gasteiger partial charge in [0.05, 0.1) is 6.54 Å². The van der Waals surface area contributed by atoms with Crippen LogP contribution in [0.4, 0.5) is 0 Å². The third-order valence-corrected chi connectivity index (χ3v) is 2.64. The number of rotatable bonds is 1. The lowest BCUT2D eigenvalue weighted by atomic mass is 10.1. The molecule has 0 aromatic heterocycles. The molecule has 0 saturated carbocycles. The van der Waals surface area contributed by atoms with Gasteiger partial charge in [0.1, 0.15) is 0 Å². The number of carbonyl (C=O) groups excluding carboxylic acids is 1. The van der Waals surface area contributed by atoms with Crippen molar-refractivity contribution in [2.75, 3.05) is 26.7 Å². The van der Waals surface area contributed by atoms with Gasteiger partial charge in [0, 0.05) is 32.6 Å². The summed E-state index contributed by atoms with van der Waals surface area (Å²) in [6, 6.07) is 0.349. The van der Waals surface area contributed by atoms with Crippen molar-refractivity contribution >= 4 is 11.9 Å². The zero-order valence-electron chi connectivity index (χ0n) is 8.42. The number of amides is 1. The van der Waals surface area contributed by atoms with Gasteiger partial charge in [-0.2, -0.15) is 0 Å². The van der Waals surface area contributed by atoms with Crippen molar-refractivity contribution in [2.24, 2.45) is 4.99 Å². The van der Waals surface area contributed by atoms with E-state index in [-0.39, 0.29) is 5.91 Å². The van der Waals surface area contributed by atoms with Crippen LogP contribution in [0.2, 0.25) is 0 Å². The van der Waals surface area contributed by atoms with Crippen LogP contribution in [0.25, 0.3) is 0 Å². The highest BCUT2D eigenvalue weighted by atomic mass is 16.2. The summed E-state index contributed by atoms with van der Waals surface area (Å²) in [4.78, 5) is 17.3. The molecule has 0 aromatic carbocycles. The van der Waals surface area contributed by atoms with Crippen LogP contribution in [-0.2, 0) is 4.79 Å². The first-order valence-electron chi connectivity index (χ1n) is 5.04. The van der Waals surface area contributed by atoms with E-state index in [9.17, 15) is 4.79 Å². The summed E-state index contributed by atoms with van der Waals surface area (Å²) in [7, 11) is 1.85. The third kappa shape index (κ3) is 1.97. The van der Waals surface area contributed by atoms with Crippen molar-refractivity contribution < 1.29 is 4.79 Å². The lowest BCUT2D eigenvalue weighted by Gasteiger charge is -2.30. The SMILES string of the molecule is CN1CC(NC2=NCCN2)CCC1=O. The normalized spacial score (nSPS) is 27.2. The summed E-state index contributed by atoms with van der Waals surface area (Å²) in [5.41, 5.74) is 0. The number of aliphatic imine (C=N–C) groups is 1. The molecular weight excluding hydrogens is 180 g/mol. The second-order valence-electron chi connectivity index (χ2n) is 3.81. The number of likely N-dealkylation sites (N-methyl/N-ethyl adjacent to an activating group) is 1. The topological polar surface area (TPSA) is 56.7 Å². The van der Waals surface area contributed by atoms with Crippen LogP contribution in [0, 0.1) is 0 Å². The number of piperidine rings is 1. The molecule has 1 unspecified atom stereocenters. The van der Waals surface area contributed by atoms with Crippen LogP contribution in [-0.4, -0.2) is 49.5 Å². The van der Waals surface area contributed by atoms with Crippen LogP contribution < -0.4 is 10.6 Å². The molecule has 0 aliphatic carbocycles. The molecule has 2 aliphatic heterocycles. The quantitative estimate of drug-likeness (QED) is 0.575. The lowest BCUT2D eigenvalue weighted by molar-refractivity contribution is -0.132. The average molecular weight is 196 g/mol. The molecule has 2 N–H and O–H groups in total. The van der Waals surface area contributed by atoms with Gasteiger partial charge in [-0.15, -0.1) is 0 Å². The number of hydrogen-bond donors (Lipinski definition) is 2. The number of hydrogen-bond acceptors (Lipinski definition) is 4. The van der Waals surface area contributed by atoms with Gasteiger partial charge in [-0.25, -0.2) is 0 Å². The number of nitrogens with one attached hydrogen (secondary N) is 2. The number of carbonyl (C=O) groups is 1. The first-order valence-corrected chi connectivity index (χ1v) is 5.04. The Balaban J connectivity index is 1.84. The first kappa shape index (κ1) is 9.30. The van der Waals surface area contributed by atoms with Gasteiger partial charge in [-0.1, -0.05) is 0 Å². The average Bonchev–Trinajstić information content (AvgIpc) is 2.64. The molecule has 5 heteroatoms. The maximum absolute atomic E-state index is 11.2. The van der Waals surface area contributed by atoms with E-state index in [0.29, 0.717) is 12.5 Å². The van der Waals surface area contributed by atoms with Gasteiger partial charge in [0.15, 0.2) is 5.96 Å². The predicted molar refractivity (Wildman–Crippen MR) is 54.1 cm³/mol. The minimum absolute atomic E-state index is 0.240. The van der Waals surface area contributed by atoms with Crippen LogP contribution in [0.15, 0.2) is 4.99 Å². The summed E-state index contributed by atoms with van der Waals surface area (Å²) in [6.45, 7) is 2.55. The molecule has 0 radical (unpaired) electrons. The monoisotopic (exact) mass is 196 g/mol. The summed E-state index contributed by atoms with van der Waals surface area (Å²) in [5, 5.41) is 6.48. The maximum Gasteiger partial charge on any atom is 0.222 e. The Labute approximate surface area is 83.6 Å². The standard InChI is InChI=1S/C9H16N4O/c1-13-6-7(2-3-8(13)14)12-9-10-4-5-11-9/h7H,2-6H2,1H3,(H2,10,11,12). The molecule has 78 valence electrons. The van der Waals surface area contributed by atoms with E-state index in [0.717, 1.165) is 32.0 Å². The fourth-order valence-electron chi connectivity index (χ4n) is 1.82. The minimum Gasteiger partial charge on any atom is -0.355 e. The number of likely N-dealkylation sites (tertiary alicyclic amines) is 1. The second-order valence-corrected chi connectivity index (χ2v) is 3.81. The van der Waals surface area contributed by atoms with Crippen molar-refractivity contribution in [3.8, 4) is 0 Å². The minimum atomic E-state index is 0.240. The maximum atomic E-state index is 11.2. The Hall–Kier alpha value is -1.26. The first-order chi connectivity index (χ1) is 6.75. The molecule has 2 rings (SSSR count). The molecule has 1 saturated heterocycles. The summed E-state index contributed by atoms with van der Waals surface area (Å²) in [5.74, 6) is 1.13. The summed E-state index contributed by atoms with van der Waals surface area (Å²) >= 11 is 0. The fraction of sp³-hybridized carbons (Fsp3) is 0.778. The Bertz CT molecular complexity index is 264. The van der Waals surface area contributed by atoms with E-state index in [2.05, 4.69) is 15.6 Å². The molecule has 1 amide bonds. The Morgan fingerprint density at radius 3 is 3.14 bits per heavy atom. The molecule has 1 fully saturated rings. The molecule has 0 spiro atoms. The van der Waals surface area contributed by atoms with Crippen molar-refractivity contribution in [3.05, 3.63) is 0 Å². The lowest BCUT2D eigenvalue weighted by Crippen LogP contribution is -2.50. The highest BCUT2D eigenvalue weighted by molar-refractivity contribution is 5.82. The van der Waals surface area contributed by atoms with Gasteiger partial charge in [0.25, 0.3) is 0 Å². The molecular formula is C9H16N4O. The molecule has 1 atom stereocenters. The van der Waals surface area contributed by atoms with Crippen LogP contribution in [0.5, 0.6) is 0 Å². The molecule has 0 aromatic rings. The highest BCUT2D eigenvalue weighted by Crippen LogP contribution is 2.09. The van der Waals surface area contributed by atoms with Crippen molar-refractivity contribution in [1.82, 2.24) is 15.5 Å². The van der Waals surface area contributed by atoms with Crippen LogP contribution in [0.1, 0.15) is 12.8 Å².